The Labute approximate surface area is 127 Å². The number of nitriles is 1. The molecular formula is C16H14N2O4. The number of esters is 1. The first kappa shape index (κ1) is 15.3. The maximum atomic E-state index is 12.0. The summed E-state index contributed by atoms with van der Waals surface area (Å²) in [5.41, 5.74) is 1.30. The number of benzene rings is 1. The van der Waals surface area contributed by atoms with Gasteiger partial charge in [0.1, 0.15) is 11.3 Å². The lowest BCUT2D eigenvalue weighted by Crippen LogP contribution is -2.30. The van der Waals surface area contributed by atoms with Crippen molar-refractivity contribution >= 4 is 17.6 Å². The third-order valence-corrected chi connectivity index (χ3v) is 3.01. The van der Waals surface area contributed by atoms with Crippen LogP contribution in [0.1, 0.15) is 28.6 Å². The van der Waals surface area contributed by atoms with E-state index < -0.39 is 18.0 Å². The van der Waals surface area contributed by atoms with E-state index in [0.29, 0.717) is 17.0 Å². The van der Waals surface area contributed by atoms with Gasteiger partial charge >= 0.3 is 5.97 Å². The van der Waals surface area contributed by atoms with Crippen molar-refractivity contribution in [3.63, 3.8) is 0 Å². The first-order chi connectivity index (χ1) is 10.5. The molecule has 0 aliphatic carbocycles. The van der Waals surface area contributed by atoms with Gasteiger partial charge in [-0.15, -0.1) is 0 Å². The summed E-state index contributed by atoms with van der Waals surface area (Å²) in [5, 5.41) is 11.3. The SMILES string of the molecule is Cc1occc1C(=O)O[C@H](C)C(=O)Nc1ccc(C#N)cc1. The topological polar surface area (TPSA) is 92.3 Å². The van der Waals surface area contributed by atoms with Crippen LogP contribution >= 0.6 is 0 Å². The van der Waals surface area contributed by atoms with Crippen molar-refractivity contribution in [1.29, 1.82) is 5.26 Å². The van der Waals surface area contributed by atoms with Gasteiger partial charge in [-0.2, -0.15) is 5.26 Å². The van der Waals surface area contributed by atoms with Gasteiger partial charge in [-0.3, -0.25) is 4.79 Å². The average molecular weight is 298 g/mol. The molecule has 0 aliphatic heterocycles. The Hall–Kier alpha value is -3.07. The fraction of sp³-hybridized carbons (Fsp3) is 0.188. The van der Waals surface area contributed by atoms with E-state index in [4.69, 9.17) is 14.4 Å². The molecule has 1 aromatic heterocycles. The van der Waals surface area contributed by atoms with Crippen molar-refractivity contribution in [3.8, 4) is 6.07 Å². The fourth-order valence-corrected chi connectivity index (χ4v) is 1.75. The number of hydrogen-bond donors (Lipinski definition) is 1. The molecule has 6 nitrogen and oxygen atoms in total. The van der Waals surface area contributed by atoms with Gasteiger partial charge in [-0.05, 0) is 44.2 Å². The van der Waals surface area contributed by atoms with Crippen LogP contribution in [0.2, 0.25) is 0 Å². The number of furan rings is 1. The van der Waals surface area contributed by atoms with Crippen LogP contribution in [0.4, 0.5) is 5.69 Å². The van der Waals surface area contributed by atoms with Crippen molar-refractivity contribution in [2.45, 2.75) is 20.0 Å². The first-order valence-electron chi connectivity index (χ1n) is 6.57. The van der Waals surface area contributed by atoms with E-state index in [9.17, 15) is 9.59 Å². The summed E-state index contributed by atoms with van der Waals surface area (Å²) in [6.45, 7) is 3.12. The Kier molecular flexibility index (Phi) is 4.59. The fourth-order valence-electron chi connectivity index (χ4n) is 1.75. The molecule has 0 saturated carbocycles. The number of ether oxygens (including phenoxy) is 1. The second kappa shape index (κ2) is 6.59. The van der Waals surface area contributed by atoms with Crippen LogP contribution in [0.3, 0.4) is 0 Å². The lowest BCUT2D eigenvalue weighted by Gasteiger charge is -2.13. The highest BCUT2D eigenvalue weighted by atomic mass is 16.5. The summed E-state index contributed by atoms with van der Waals surface area (Å²) in [5.74, 6) is -0.641. The van der Waals surface area contributed by atoms with E-state index in [1.807, 2.05) is 6.07 Å². The third kappa shape index (κ3) is 3.52. The van der Waals surface area contributed by atoms with E-state index in [2.05, 4.69) is 5.32 Å². The monoisotopic (exact) mass is 298 g/mol. The molecule has 1 heterocycles. The first-order valence-corrected chi connectivity index (χ1v) is 6.57. The second-order valence-electron chi connectivity index (χ2n) is 4.62. The molecule has 2 rings (SSSR count). The summed E-state index contributed by atoms with van der Waals surface area (Å²) in [6, 6.07) is 9.85. The molecule has 0 spiro atoms. The molecule has 0 radical (unpaired) electrons. The van der Waals surface area contributed by atoms with Gasteiger partial charge in [0.2, 0.25) is 0 Å². The van der Waals surface area contributed by atoms with Gasteiger partial charge in [0, 0.05) is 5.69 Å². The van der Waals surface area contributed by atoms with Crippen molar-refractivity contribution in [3.05, 3.63) is 53.5 Å². The standard InChI is InChI=1S/C16H14N2O4/c1-10-14(7-8-21-10)16(20)22-11(2)15(19)18-13-5-3-12(9-17)4-6-13/h3-8,11H,1-2H3,(H,18,19)/t11-/m1/s1. The summed E-state index contributed by atoms with van der Waals surface area (Å²) in [4.78, 5) is 23.9. The minimum absolute atomic E-state index is 0.290. The van der Waals surface area contributed by atoms with Gasteiger partial charge in [-0.1, -0.05) is 0 Å². The van der Waals surface area contributed by atoms with Crippen LogP contribution in [0.15, 0.2) is 41.0 Å². The molecule has 1 N–H and O–H groups in total. The molecule has 0 unspecified atom stereocenters. The number of anilines is 1. The molecule has 22 heavy (non-hydrogen) atoms. The Bertz CT molecular complexity index is 725. The van der Waals surface area contributed by atoms with Crippen LogP contribution in [-0.2, 0) is 9.53 Å². The smallest absolute Gasteiger partial charge is 0.342 e. The molecule has 1 aromatic carbocycles. The number of hydrogen-bond acceptors (Lipinski definition) is 5. The highest BCUT2D eigenvalue weighted by molar-refractivity contribution is 5.97. The highest BCUT2D eigenvalue weighted by Gasteiger charge is 2.21. The molecule has 0 aliphatic rings. The number of nitrogens with zero attached hydrogens (tertiary/aromatic N) is 1. The Morgan fingerprint density at radius 1 is 1.27 bits per heavy atom. The van der Waals surface area contributed by atoms with Crippen LogP contribution in [-0.4, -0.2) is 18.0 Å². The maximum Gasteiger partial charge on any atom is 0.342 e. The lowest BCUT2D eigenvalue weighted by molar-refractivity contribution is -0.123. The Morgan fingerprint density at radius 3 is 2.50 bits per heavy atom. The van der Waals surface area contributed by atoms with Crippen LogP contribution in [0.5, 0.6) is 0 Å². The minimum Gasteiger partial charge on any atom is -0.469 e. The maximum absolute atomic E-state index is 12.0. The van der Waals surface area contributed by atoms with Crippen LogP contribution in [0, 0.1) is 18.3 Å². The highest BCUT2D eigenvalue weighted by Crippen LogP contribution is 2.13. The number of rotatable bonds is 4. The molecule has 0 saturated heterocycles. The summed E-state index contributed by atoms with van der Waals surface area (Å²) < 4.78 is 10.1. The number of aryl methyl sites for hydroxylation is 1. The number of nitrogens with one attached hydrogen (secondary N) is 1. The molecule has 112 valence electrons. The van der Waals surface area contributed by atoms with E-state index in [0.717, 1.165) is 0 Å². The molecule has 0 bridgehead atoms. The van der Waals surface area contributed by atoms with Gasteiger partial charge in [0.05, 0.1) is 17.9 Å². The number of carbonyl (C=O) groups is 2. The molecule has 1 atom stereocenters. The van der Waals surface area contributed by atoms with E-state index in [1.165, 1.54) is 19.3 Å². The van der Waals surface area contributed by atoms with Crippen molar-refractivity contribution < 1.29 is 18.7 Å². The lowest BCUT2D eigenvalue weighted by atomic mass is 10.2. The summed E-state index contributed by atoms with van der Waals surface area (Å²) >= 11 is 0. The average Bonchev–Trinajstić information content (AvgIpc) is 2.94. The second-order valence-corrected chi connectivity index (χ2v) is 4.62. The quantitative estimate of drug-likeness (QED) is 0.876. The van der Waals surface area contributed by atoms with Crippen molar-refractivity contribution in [2.75, 3.05) is 5.32 Å². The zero-order chi connectivity index (χ0) is 16.1. The predicted molar refractivity (Wildman–Crippen MR) is 78.1 cm³/mol. The Balaban J connectivity index is 1.96. The molecular weight excluding hydrogens is 284 g/mol. The van der Waals surface area contributed by atoms with Gasteiger partial charge < -0.3 is 14.5 Å². The van der Waals surface area contributed by atoms with Crippen LogP contribution < -0.4 is 5.32 Å². The van der Waals surface area contributed by atoms with Gasteiger partial charge in [0.15, 0.2) is 6.10 Å². The predicted octanol–water partition coefficient (Wildman–Crippen LogP) is 2.64. The van der Waals surface area contributed by atoms with Crippen molar-refractivity contribution in [2.24, 2.45) is 0 Å². The van der Waals surface area contributed by atoms with Crippen LogP contribution in [0.25, 0.3) is 0 Å². The van der Waals surface area contributed by atoms with E-state index in [1.54, 1.807) is 31.2 Å². The van der Waals surface area contributed by atoms with Gasteiger partial charge in [-0.25, -0.2) is 4.79 Å². The number of carbonyl (C=O) groups excluding carboxylic acids is 2. The van der Waals surface area contributed by atoms with Gasteiger partial charge in [0.25, 0.3) is 5.91 Å². The molecule has 1 amide bonds. The van der Waals surface area contributed by atoms with Crippen molar-refractivity contribution in [1.82, 2.24) is 0 Å². The zero-order valence-electron chi connectivity index (χ0n) is 12.1. The minimum atomic E-state index is -0.961. The van der Waals surface area contributed by atoms with E-state index >= 15 is 0 Å². The Morgan fingerprint density at radius 2 is 1.95 bits per heavy atom. The summed E-state index contributed by atoms with van der Waals surface area (Å²) in [7, 11) is 0. The molecule has 6 heteroatoms. The van der Waals surface area contributed by atoms with E-state index in [-0.39, 0.29) is 5.56 Å². The normalized spacial score (nSPS) is 11.3. The summed E-state index contributed by atoms with van der Waals surface area (Å²) in [6.07, 6.45) is 0.422. The third-order valence-electron chi connectivity index (χ3n) is 3.01. The molecule has 0 fully saturated rings. The molecule has 2 aromatic rings. The number of amides is 1. The largest absolute Gasteiger partial charge is 0.469 e. The zero-order valence-corrected chi connectivity index (χ0v) is 12.1.